The lowest BCUT2D eigenvalue weighted by Crippen LogP contribution is -2.27. The van der Waals surface area contributed by atoms with Gasteiger partial charge in [0.05, 0.1) is 11.6 Å². The summed E-state index contributed by atoms with van der Waals surface area (Å²) in [5, 5.41) is 3.36. The molecule has 5 heteroatoms. The molecule has 0 aliphatic rings. The van der Waals surface area contributed by atoms with Crippen molar-refractivity contribution in [2.75, 3.05) is 5.73 Å². The van der Waals surface area contributed by atoms with Crippen molar-refractivity contribution in [2.45, 2.75) is 13.0 Å². The fraction of sp³-hybridized carbons (Fsp3) is 0.133. The van der Waals surface area contributed by atoms with Crippen LogP contribution in [-0.4, -0.2) is 5.91 Å². The molecule has 3 nitrogen and oxygen atoms in total. The van der Waals surface area contributed by atoms with E-state index in [9.17, 15) is 9.18 Å². The Kier molecular flexibility index (Phi) is 4.25. The minimum atomic E-state index is -0.474. The van der Waals surface area contributed by atoms with E-state index in [1.54, 1.807) is 6.07 Å². The third kappa shape index (κ3) is 3.08. The highest BCUT2D eigenvalue weighted by molar-refractivity contribution is 6.31. The number of nitrogens with one attached hydrogen (secondary N) is 1. The van der Waals surface area contributed by atoms with E-state index in [4.69, 9.17) is 17.3 Å². The quantitative estimate of drug-likeness (QED) is 0.850. The summed E-state index contributed by atoms with van der Waals surface area (Å²) in [7, 11) is 0. The summed E-state index contributed by atoms with van der Waals surface area (Å²) < 4.78 is 13.0. The summed E-state index contributed by atoms with van der Waals surface area (Å²) in [6, 6.07) is 10.7. The summed E-state index contributed by atoms with van der Waals surface area (Å²) in [4.78, 5) is 12.1. The highest BCUT2D eigenvalue weighted by atomic mass is 35.5. The number of benzene rings is 2. The van der Waals surface area contributed by atoms with Crippen LogP contribution in [-0.2, 0) is 0 Å². The number of anilines is 1. The van der Waals surface area contributed by atoms with Crippen LogP contribution < -0.4 is 11.1 Å². The number of carbonyl (C=O) groups excluding carboxylic acids is 1. The molecule has 0 aliphatic carbocycles. The van der Waals surface area contributed by atoms with E-state index in [1.807, 2.05) is 25.1 Å². The highest BCUT2D eigenvalue weighted by Gasteiger charge is 2.15. The van der Waals surface area contributed by atoms with E-state index >= 15 is 0 Å². The second-order valence-electron chi connectivity index (χ2n) is 4.45. The van der Waals surface area contributed by atoms with Gasteiger partial charge in [0.1, 0.15) is 5.82 Å². The average molecular weight is 293 g/mol. The molecule has 0 saturated heterocycles. The van der Waals surface area contributed by atoms with Crippen molar-refractivity contribution in [2.24, 2.45) is 0 Å². The molecule has 1 atom stereocenters. The van der Waals surface area contributed by atoms with Crippen LogP contribution in [0.15, 0.2) is 42.5 Å². The van der Waals surface area contributed by atoms with Crippen molar-refractivity contribution < 1.29 is 9.18 Å². The molecule has 0 bridgehead atoms. The van der Waals surface area contributed by atoms with E-state index in [1.165, 1.54) is 12.1 Å². The molecule has 2 rings (SSSR count). The maximum Gasteiger partial charge on any atom is 0.253 e. The van der Waals surface area contributed by atoms with Crippen LogP contribution in [0, 0.1) is 5.82 Å². The fourth-order valence-electron chi connectivity index (χ4n) is 1.92. The smallest absolute Gasteiger partial charge is 0.253 e. The molecule has 3 N–H and O–H groups in total. The van der Waals surface area contributed by atoms with E-state index in [2.05, 4.69) is 5.32 Å². The van der Waals surface area contributed by atoms with Crippen LogP contribution in [0.5, 0.6) is 0 Å². The maximum atomic E-state index is 13.0. The first kappa shape index (κ1) is 14.3. The van der Waals surface area contributed by atoms with Gasteiger partial charge in [0, 0.05) is 10.7 Å². The fourth-order valence-corrected chi connectivity index (χ4v) is 2.22. The van der Waals surface area contributed by atoms with Gasteiger partial charge in [0.2, 0.25) is 0 Å². The van der Waals surface area contributed by atoms with Crippen LogP contribution >= 0.6 is 11.6 Å². The lowest BCUT2D eigenvalue weighted by atomic mass is 10.1. The molecule has 0 unspecified atom stereocenters. The van der Waals surface area contributed by atoms with Gasteiger partial charge in [0.15, 0.2) is 0 Å². The Labute approximate surface area is 121 Å². The minimum absolute atomic E-state index is 0.105. The lowest BCUT2D eigenvalue weighted by molar-refractivity contribution is 0.0941. The Bertz CT molecular complexity index is 646. The number of nitrogens with two attached hydrogens (primary N) is 1. The first-order chi connectivity index (χ1) is 9.49. The van der Waals surface area contributed by atoms with E-state index in [0.717, 1.165) is 11.6 Å². The molecule has 2 aromatic rings. The molecule has 0 aromatic heterocycles. The molecule has 0 spiro atoms. The SMILES string of the molecule is C[C@H](NC(=O)c1ccc(F)cc1N)c1ccccc1Cl. The molecular weight excluding hydrogens is 279 g/mol. The van der Waals surface area contributed by atoms with E-state index in [0.29, 0.717) is 5.02 Å². The average Bonchev–Trinajstić information content (AvgIpc) is 2.38. The normalized spacial score (nSPS) is 11.9. The zero-order chi connectivity index (χ0) is 14.7. The van der Waals surface area contributed by atoms with Crippen LogP contribution in [0.3, 0.4) is 0 Å². The molecular formula is C15H14ClFN2O. The van der Waals surface area contributed by atoms with Gasteiger partial charge >= 0.3 is 0 Å². The van der Waals surface area contributed by atoms with Gasteiger partial charge in [-0.15, -0.1) is 0 Å². The van der Waals surface area contributed by atoms with Crippen molar-refractivity contribution in [1.29, 1.82) is 0 Å². The zero-order valence-electron chi connectivity index (χ0n) is 10.9. The standard InChI is InChI=1S/C15H14ClFN2O/c1-9(11-4-2-3-5-13(11)16)19-15(20)12-7-6-10(17)8-14(12)18/h2-9H,18H2,1H3,(H,19,20)/t9-/m0/s1. The first-order valence-electron chi connectivity index (χ1n) is 6.09. The number of nitrogen functional groups attached to an aromatic ring is 1. The van der Waals surface area contributed by atoms with Gasteiger partial charge in [-0.25, -0.2) is 4.39 Å². The zero-order valence-corrected chi connectivity index (χ0v) is 11.6. The molecule has 0 heterocycles. The number of halogens is 2. The highest BCUT2D eigenvalue weighted by Crippen LogP contribution is 2.23. The number of hydrogen-bond donors (Lipinski definition) is 2. The Hall–Kier alpha value is -2.07. The summed E-state index contributed by atoms with van der Waals surface area (Å²) >= 11 is 6.08. The van der Waals surface area contributed by atoms with Crippen molar-refractivity contribution in [1.82, 2.24) is 5.32 Å². The molecule has 2 aromatic carbocycles. The maximum absolute atomic E-state index is 13.0. The molecule has 0 saturated carbocycles. The number of amides is 1. The third-order valence-corrected chi connectivity index (χ3v) is 3.32. The van der Waals surface area contributed by atoms with Crippen LogP contribution in [0.1, 0.15) is 28.9 Å². The molecule has 20 heavy (non-hydrogen) atoms. The Morgan fingerprint density at radius 1 is 1.30 bits per heavy atom. The van der Waals surface area contributed by atoms with Gasteiger partial charge in [-0.05, 0) is 36.8 Å². The molecule has 104 valence electrons. The molecule has 0 radical (unpaired) electrons. The first-order valence-corrected chi connectivity index (χ1v) is 6.47. The second kappa shape index (κ2) is 5.92. The van der Waals surface area contributed by atoms with Gasteiger partial charge in [-0.2, -0.15) is 0 Å². The number of hydrogen-bond acceptors (Lipinski definition) is 2. The largest absolute Gasteiger partial charge is 0.398 e. The van der Waals surface area contributed by atoms with Crippen LogP contribution in [0.2, 0.25) is 5.02 Å². The Morgan fingerprint density at radius 2 is 2.00 bits per heavy atom. The minimum Gasteiger partial charge on any atom is -0.398 e. The van der Waals surface area contributed by atoms with Crippen molar-refractivity contribution in [3.8, 4) is 0 Å². The van der Waals surface area contributed by atoms with Gasteiger partial charge in [-0.1, -0.05) is 29.8 Å². The summed E-state index contributed by atoms with van der Waals surface area (Å²) in [5.74, 6) is -0.840. The van der Waals surface area contributed by atoms with E-state index < -0.39 is 5.82 Å². The predicted molar refractivity (Wildman–Crippen MR) is 78.1 cm³/mol. The summed E-state index contributed by atoms with van der Waals surface area (Å²) in [5.41, 5.74) is 6.79. The number of carbonyl (C=O) groups is 1. The molecule has 0 fully saturated rings. The van der Waals surface area contributed by atoms with E-state index in [-0.39, 0.29) is 23.2 Å². The van der Waals surface area contributed by atoms with Crippen LogP contribution in [0.4, 0.5) is 10.1 Å². The molecule has 1 amide bonds. The van der Waals surface area contributed by atoms with Crippen molar-refractivity contribution in [3.05, 3.63) is 64.4 Å². The predicted octanol–water partition coefficient (Wildman–Crippen LogP) is 3.55. The topological polar surface area (TPSA) is 55.1 Å². The lowest BCUT2D eigenvalue weighted by Gasteiger charge is -2.16. The van der Waals surface area contributed by atoms with Crippen molar-refractivity contribution in [3.63, 3.8) is 0 Å². The van der Waals surface area contributed by atoms with Gasteiger partial charge in [-0.3, -0.25) is 4.79 Å². The van der Waals surface area contributed by atoms with Gasteiger partial charge in [0.25, 0.3) is 5.91 Å². The Balaban J connectivity index is 2.17. The second-order valence-corrected chi connectivity index (χ2v) is 4.86. The monoisotopic (exact) mass is 292 g/mol. The summed E-state index contributed by atoms with van der Waals surface area (Å²) in [6.45, 7) is 1.82. The Morgan fingerprint density at radius 3 is 2.65 bits per heavy atom. The number of rotatable bonds is 3. The third-order valence-electron chi connectivity index (χ3n) is 2.98. The van der Waals surface area contributed by atoms with Crippen molar-refractivity contribution >= 4 is 23.2 Å². The van der Waals surface area contributed by atoms with Crippen LogP contribution in [0.25, 0.3) is 0 Å². The van der Waals surface area contributed by atoms with Gasteiger partial charge < -0.3 is 11.1 Å². The molecule has 0 aliphatic heterocycles. The summed E-state index contributed by atoms with van der Waals surface area (Å²) in [6.07, 6.45) is 0.